The van der Waals surface area contributed by atoms with Crippen molar-refractivity contribution < 1.29 is 4.42 Å². The average molecular weight is 691 g/mol. The fraction of sp³-hybridized carbons (Fsp3) is 0.0588. The van der Waals surface area contributed by atoms with Gasteiger partial charge >= 0.3 is 0 Å². The summed E-state index contributed by atoms with van der Waals surface area (Å²) in [6, 6.07) is 60.5. The van der Waals surface area contributed by atoms with Gasteiger partial charge in [-0.2, -0.15) is 0 Å². The molecule has 3 nitrogen and oxygen atoms in total. The monoisotopic (exact) mass is 690 g/mol. The molecule has 54 heavy (non-hydrogen) atoms. The highest BCUT2D eigenvalue weighted by Gasteiger charge is 2.38. The van der Waals surface area contributed by atoms with E-state index in [2.05, 4.69) is 153 Å². The Morgan fingerprint density at radius 2 is 1.09 bits per heavy atom. The van der Waals surface area contributed by atoms with Crippen LogP contribution in [0.2, 0.25) is 0 Å². The second kappa shape index (κ2) is 11.6. The molecule has 1 aliphatic rings. The van der Waals surface area contributed by atoms with Crippen molar-refractivity contribution in [3.05, 3.63) is 181 Å². The summed E-state index contributed by atoms with van der Waals surface area (Å²) in [6.07, 6.45) is 0. The Labute approximate surface area is 313 Å². The fourth-order valence-electron chi connectivity index (χ4n) is 8.97. The molecule has 8 aromatic carbocycles. The fourth-order valence-corrected chi connectivity index (χ4v) is 8.97. The Kier molecular flexibility index (Phi) is 6.60. The summed E-state index contributed by atoms with van der Waals surface area (Å²) in [5.74, 6) is 0.688. The smallest absolute Gasteiger partial charge is 0.160 e. The molecule has 10 aromatic rings. The molecule has 0 aliphatic heterocycles. The third-order valence-corrected chi connectivity index (χ3v) is 11.5. The van der Waals surface area contributed by atoms with Crippen molar-refractivity contribution in [3.8, 4) is 56.2 Å². The first-order valence-corrected chi connectivity index (χ1v) is 18.6. The van der Waals surface area contributed by atoms with Gasteiger partial charge in [-0.1, -0.05) is 159 Å². The van der Waals surface area contributed by atoms with E-state index in [1.165, 1.54) is 49.5 Å². The highest BCUT2D eigenvalue weighted by molar-refractivity contribution is 6.10. The van der Waals surface area contributed by atoms with Gasteiger partial charge in [-0.05, 0) is 79.2 Å². The van der Waals surface area contributed by atoms with E-state index in [1.807, 2.05) is 30.3 Å². The van der Waals surface area contributed by atoms with Crippen LogP contribution in [0.1, 0.15) is 25.0 Å². The van der Waals surface area contributed by atoms with Crippen molar-refractivity contribution in [1.29, 1.82) is 0 Å². The number of benzene rings is 8. The van der Waals surface area contributed by atoms with Crippen molar-refractivity contribution in [3.63, 3.8) is 0 Å². The summed E-state index contributed by atoms with van der Waals surface area (Å²) in [6.45, 7) is 4.75. The topological polar surface area (TPSA) is 38.9 Å². The zero-order valence-electron chi connectivity index (χ0n) is 30.0. The summed E-state index contributed by atoms with van der Waals surface area (Å²) in [5, 5.41) is 7.17. The lowest BCUT2D eigenvalue weighted by Gasteiger charge is -2.23. The Bertz CT molecular complexity index is 3130. The van der Waals surface area contributed by atoms with Crippen molar-refractivity contribution in [1.82, 2.24) is 9.97 Å². The van der Waals surface area contributed by atoms with Crippen LogP contribution >= 0.6 is 0 Å². The third kappa shape index (κ3) is 4.55. The van der Waals surface area contributed by atoms with Crippen molar-refractivity contribution in [2.75, 3.05) is 0 Å². The van der Waals surface area contributed by atoms with Crippen LogP contribution in [0.15, 0.2) is 174 Å². The van der Waals surface area contributed by atoms with E-state index in [0.717, 1.165) is 55.4 Å². The Hall–Kier alpha value is -6.84. The number of rotatable bonds is 4. The van der Waals surface area contributed by atoms with Gasteiger partial charge in [0.15, 0.2) is 5.82 Å². The molecule has 0 amide bonds. The summed E-state index contributed by atoms with van der Waals surface area (Å²) < 4.78 is 6.30. The van der Waals surface area contributed by atoms with Crippen LogP contribution in [0.25, 0.3) is 99.6 Å². The first-order chi connectivity index (χ1) is 26.5. The molecule has 0 radical (unpaired) electrons. The van der Waals surface area contributed by atoms with Gasteiger partial charge in [-0.3, -0.25) is 0 Å². The molecule has 0 atom stereocenters. The molecule has 2 aromatic heterocycles. The predicted octanol–water partition coefficient (Wildman–Crippen LogP) is 13.7. The molecule has 0 saturated carbocycles. The summed E-state index contributed by atoms with van der Waals surface area (Å²) >= 11 is 0. The van der Waals surface area contributed by atoms with Gasteiger partial charge in [-0.25, -0.2) is 9.97 Å². The number of hydrogen-bond donors (Lipinski definition) is 0. The lowest BCUT2D eigenvalue weighted by Crippen LogP contribution is -2.15. The molecule has 0 unspecified atom stereocenters. The van der Waals surface area contributed by atoms with Crippen LogP contribution in [-0.4, -0.2) is 9.97 Å². The van der Waals surface area contributed by atoms with Gasteiger partial charge in [0.25, 0.3) is 0 Å². The van der Waals surface area contributed by atoms with Crippen molar-refractivity contribution >= 4 is 43.5 Å². The Morgan fingerprint density at radius 1 is 0.426 bits per heavy atom. The van der Waals surface area contributed by atoms with Crippen LogP contribution in [0, 0.1) is 0 Å². The highest BCUT2D eigenvalue weighted by Crippen LogP contribution is 2.55. The van der Waals surface area contributed by atoms with E-state index in [1.54, 1.807) is 0 Å². The van der Waals surface area contributed by atoms with Crippen LogP contribution in [0.3, 0.4) is 0 Å². The van der Waals surface area contributed by atoms with E-state index in [9.17, 15) is 0 Å². The number of fused-ring (bicyclic) bond motifs is 9. The zero-order valence-corrected chi connectivity index (χ0v) is 30.0. The maximum atomic E-state index is 6.30. The number of furan rings is 1. The predicted molar refractivity (Wildman–Crippen MR) is 224 cm³/mol. The normalized spacial score (nSPS) is 13.1. The standard InChI is InChI=1S/C51H34N2O/c1-51(2)43-21-12-20-41(48(43)42-26-23-31-13-6-7-16-34(31)49(42)51)37-27-28-38(36-18-9-8-17-35(36)37)45-30-44(52-50(53-45)32-14-4-3-5-15-32)33-24-25-40-39-19-10-11-22-46(39)54-47(40)29-33/h3-30H,1-2H3. The molecular formula is C51H34N2O. The highest BCUT2D eigenvalue weighted by atomic mass is 16.3. The number of para-hydroxylation sites is 1. The van der Waals surface area contributed by atoms with E-state index < -0.39 is 0 Å². The van der Waals surface area contributed by atoms with E-state index in [-0.39, 0.29) is 5.41 Å². The maximum Gasteiger partial charge on any atom is 0.160 e. The van der Waals surface area contributed by atoms with Crippen LogP contribution in [-0.2, 0) is 5.41 Å². The molecule has 0 saturated heterocycles. The molecule has 254 valence electrons. The second-order valence-corrected chi connectivity index (χ2v) is 14.9. The van der Waals surface area contributed by atoms with E-state index in [0.29, 0.717) is 5.82 Å². The molecule has 3 heteroatoms. The molecule has 2 heterocycles. The molecule has 1 aliphatic carbocycles. The quantitative estimate of drug-likeness (QED) is 0.184. The summed E-state index contributed by atoms with van der Waals surface area (Å²) in [7, 11) is 0. The van der Waals surface area contributed by atoms with Crippen LogP contribution in [0.5, 0.6) is 0 Å². The first kappa shape index (κ1) is 30.8. The van der Waals surface area contributed by atoms with E-state index in [4.69, 9.17) is 14.4 Å². The molecule has 0 bridgehead atoms. The molecular weight excluding hydrogens is 657 g/mol. The molecule has 0 fully saturated rings. The third-order valence-electron chi connectivity index (χ3n) is 11.5. The summed E-state index contributed by atoms with van der Waals surface area (Å²) in [4.78, 5) is 10.4. The minimum absolute atomic E-state index is 0.131. The molecule has 0 N–H and O–H groups in total. The largest absolute Gasteiger partial charge is 0.456 e. The van der Waals surface area contributed by atoms with Crippen molar-refractivity contribution in [2.24, 2.45) is 0 Å². The van der Waals surface area contributed by atoms with Gasteiger partial charge in [0.1, 0.15) is 11.2 Å². The Morgan fingerprint density at radius 3 is 1.94 bits per heavy atom. The van der Waals surface area contributed by atoms with Crippen LogP contribution < -0.4 is 0 Å². The second-order valence-electron chi connectivity index (χ2n) is 14.9. The van der Waals surface area contributed by atoms with Gasteiger partial charge in [0.05, 0.1) is 11.4 Å². The van der Waals surface area contributed by atoms with E-state index >= 15 is 0 Å². The molecule has 0 spiro atoms. The number of hydrogen-bond acceptors (Lipinski definition) is 3. The van der Waals surface area contributed by atoms with Crippen molar-refractivity contribution in [2.45, 2.75) is 19.3 Å². The number of aromatic nitrogens is 2. The van der Waals surface area contributed by atoms with Gasteiger partial charge in [0, 0.05) is 32.9 Å². The Balaban J connectivity index is 1.11. The number of nitrogens with zero attached hydrogens (tertiary/aromatic N) is 2. The minimum Gasteiger partial charge on any atom is -0.456 e. The van der Waals surface area contributed by atoms with Crippen LogP contribution in [0.4, 0.5) is 0 Å². The average Bonchev–Trinajstić information content (AvgIpc) is 3.72. The maximum absolute atomic E-state index is 6.30. The SMILES string of the molecule is CC1(C)c2cccc(-c3ccc(-c4cc(-c5ccc6c(c5)oc5ccccc56)nc(-c5ccccc5)n4)c4ccccc34)c2-c2ccc3ccccc3c21. The summed E-state index contributed by atoms with van der Waals surface area (Å²) in [5.41, 5.74) is 14.3. The zero-order chi connectivity index (χ0) is 36.0. The molecule has 11 rings (SSSR count). The first-order valence-electron chi connectivity index (χ1n) is 18.6. The van der Waals surface area contributed by atoms with Gasteiger partial charge < -0.3 is 4.42 Å². The van der Waals surface area contributed by atoms with Gasteiger partial charge in [-0.15, -0.1) is 0 Å². The minimum atomic E-state index is -0.131. The van der Waals surface area contributed by atoms with Gasteiger partial charge in [0.2, 0.25) is 0 Å². The lowest BCUT2D eigenvalue weighted by atomic mass is 9.80. The lowest BCUT2D eigenvalue weighted by molar-refractivity contribution is 0.666.